The second kappa shape index (κ2) is 2.98. The van der Waals surface area contributed by atoms with E-state index in [2.05, 4.69) is 21.1 Å². The van der Waals surface area contributed by atoms with Gasteiger partial charge >= 0.3 is 17.5 Å². The van der Waals surface area contributed by atoms with E-state index < -0.39 is 22.1 Å². The fourth-order valence-electron chi connectivity index (χ4n) is 0.585. The van der Waals surface area contributed by atoms with Crippen LogP contribution in [0.15, 0.2) is 0 Å². The van der Waals surface area contributed by atoms with Crippen LogP contribution >= 0.6 is 34.8 Å². The summed E-state index contributed by atoms with van der Waals surface area (Å²) in [5.41, 5.74) is 0. The molecule has 0 aliphatic carbocycles. The van der Waals surface area contributed by atoms with Gasteiger partial charge in [-0.3, -0.25) is 9.47 Å². The van der Waals surface area contributed by atoms with E-state index in [1.54, 1.807) is 0 Å². The van der Waals surface area contributed by atoms with Gasteiger partial charge in [-0.15, -0.1) is 0 Å². The van der Waals surface area contributed by atoms with Crippen LogP contribution in [-0.2, 0) is 9.47 Å². The lowest BCUT2D eigenvalue weighted by molar-refractivity contribution is -0.415. The van der Waals surface area contributed by atoms with Crippen molar-refractivity contribution in [3.05, 3.63) is 0 Å². The van der Waals surface area contributed by atoms with E-state index in [0.717, 1.165) is 0 Å². The van der Waals surface area contributed by atoms with E-state index in [1.807, 2.05) is 0 Å². The maximum absolute atomic E-state index is 12.8. The normalized spacial score (nSPS) is 42.9. The highest BCUT2D eigenvalue weighted by molar-refractivity contribution is 6.51. The molecule has 2 unspecified atom stereocenters. The average molecular weight is 281 g/mol. The largest absolute Gasteiger partial charge is 0.478 e. The van der Waals surface area contributed by atoms with Gasteiger partial charge in [0, 0.05) is 0 Å². The molecule has 0 aromatic rings. The van der Waals surface area contributed by atoms with Crippen molar-refractivity contribution in [1.29, 1.82) is 0 Å². The molecule has 0 aromatic heterocycles. The van der Waals surface area contributed by atoms with Crippen molar-refractivity contribution < 1.29 is 31.4 Å². The van der Waals surface area contributed by atoms with Crippen molar-refractivity contribution >= 4 is 34.8 Å². The van der Waals surface area contributed by atoms with Crippen LogP contribution in [0.1, 0.15) is 0 Å². The Balaban J connectivity index is 3.03. The molecule has 1 aliphatic heterocycles. The number of ether oxygens (including phenoxy) is 2. The molecule has 1 aliphatic rings. The number of alkyl halides is 8. The summed E-state index contributed by atoms with van der Waals surface area (Å²) in [6.07, 6.45) is -5.68. The second-order valence-corrected chi connectivity index (χ2v) is 4.02. The SMILES string of the molecule is FC(F)(F)C1(F)OC(F)(Cl)C(Cl)(Cl)O1. The van der Waals surface area contributed by atoms with Crippen molar-refractivity contribution in [2.45, 2.75) is 22.1 Å². The van der Waals surface area contributed by atoms with Crippen molar-refractivity contribution in [3.63, 3.8) is 0 Å². The fourth-order valence-corrected chi connectivity index (χ4v) is 0.999. The maximum Gasteiger partial charge on any atom is 0.478 e. The summed E-state index contributed by atoms with van der Waals surface area (Å²) in [6.45, 7) is 0. The van der Waals surface area contributed by atoms with Crippen LogP contribution in [0.25, 0.3) is 0 Å². The monoisotopic (exact) mass is 280 g/mol. The van der Waals surface area contributed by atoms with Crippen molar-refractivity contribution in [2.75, 3.05) is 0 Å². The molecule has 2 nitrogen and oxygen atoms in total. The molecular weight excluding hydrogens is 281 g/mol. The van der Waals surface area contributed by atoms with Crippen molar-refractivity contribution in [1.82, 2.24) is 0 Å². The highest BCUT2D eigenvalue weighted by atomic mass is 35.5. The van der Waals surface area contributed by atoms with Gasteiger partial charge < -0.3 is 0 Å². The maximum atomic E-state index is 12.8. The minimum Gasteiger partial charge on any atom is -0.273 e. The fraction of sp³-hybridized carbons (Fsp3) is 1.00. The van der Waals surface area contributed by atoms with Crippen LogP contribution in [0.3, 0.4) is 0 Å². The van der Waals surface area contributed by atoms with E-state index in [0.29, 0.717) is 0 Å². The highest BCUT2D eigenvalue weighted by Crippen LogP contribution is 2.57. The zero-order valence-electron chi connectivity index (χ0n) is 5.84. The number of hydrogen-bond acceptors (Lipinski definition) is 2. The smallest absolute Gasteiger partial charge is 0.273 e. The number of rotatable bonds is 0. The molecule has 1 rings (SSSR count). The van der Waals surface area contributed by atoms with Gasteiger partial charge in [0.1, 0.15) is 0 Å². The van der Waals surface area contributed by atoms with Gasteiger partial charge in [-0.1, -0.05) is 23.2 Å². The van der Waals surface area contributed by atoms with Gasteiger partial charge in [0.25, 0.3) is 4.52 Å². The molecule has 1 heterocycles. The van der Waals surface area contributed by atoms with Gasteiger partial charge in [-0.25, -0.2) is 0 Å². The van der Waals surface area contributed by atoms with Crippen molar-refractivity contribution in [2.24, 2.45) is 0 Å². The molecule has 84 valence electrons. The zero-order valence-corrected chi connectivity index (χ0v) is 8.11. The molecule has 0 bridgehead atoms. The van der Waals surface area contributed by atoms with Crippen molar-refractivity contribution in [3.8, 4) is 0 Å². The lowest BCUT2D eigenvalue weighted by atomic mass is 10.6. The van der Waals surface area contributed by atoms with Gasteiger partial charge in [0.15, 0.2) is 0 Å². The highest BCUT2D eigenvalue weighted by Gasteiger charge is 2.77. The van der Waals surface area contributed by atoms with Gasteiger partial charge in [-0.2, -0.15) is 22.0 Å². The van der Waals surface area contributed by atoms with Crippen LogP contribution in [0.5, 0.6) is 0 Å². The molecule has 10 heteroatoms. The molecule has 0 amide bonds. The first kappa shape index (κ1) is 12.5. The lowest BCUT2D eigenvalue weighted by Gasteiger charge is -2.20. The molecule has 0 saturated carbocycles. The van der Waals surface area contributed by atoms with Crippen LogP contribution in [0, 0.1) is 0 Å². The summed E-state index contributed by atoms with van der Waals surface area (Å²) in [5.74, 6) is 0. The minimum atomic E-state index is -5.68. The van der Waals surface area contributed by atoms with E-state index in [4.69, 9.17) is 23.2 Å². The predicted molar refractivity (Wildman–Crippen MR) is 36.2 cm³/mol. The molecule has 2 atom stereocenters. The van der Waals surface area contributed by atoms with Crippen LogP contribution < -0.4 is 0 Å². The third kappa shape index (κ3) is 1.76. The summed E-state index contributed by atoms with van der Waals surface area (Å²) in [7, 11) is 0. The Morgan fingerprint density at radius 2 is 1.36 bits per heavy atom. The van der Waals surface area contributed by atoms with E-state index in [9.17, 15) is 22.0 Å². The van der Waals surface area contributed by atoms with E-state index in [1.165, 1.54) is 0 Å². The Morgan fingerprint density at radius 3 is 1.50 bits per heavy atom. The standard InChI is InChI=1S/C4Cl3F5O2/c5-1(6)2(7,8)14-4(12,13-1)3(9,10)11. The number of hydrogen-bond donors (Lipinski definition) is 0. The van der Waals surface area contributed by atoms with Crippen LogP contribution in [0.2, 0.25) is 0 Å². The van der Waals surface area contributed by atoms with E-state index >= 15 is 0 Å². The molecule has 0 aromatic carbocycles. The first-order valence-corrected chi connectivity index (χ1v) is 3.96. The molecule has 1 fully saturated rings. The molecule has 0 spiro atoms. The summed E-state index contributed by atoms with van der Waals surface area (Å²) in [5, 5.41) is -3.83. The topological polar surface area (TPSA) is 18.5 Å². The van der Waals surface area contributed by atoms with Crippen LogP contribution in [-0.4, -0.2) is 22.1 Å². The Hall–Kier alpha value is 0.440. The van der Waals surface area contributed by atoms with Gasteiger partial charge in [0.05, 0.1) is 0 Å². The van der Waals surface area contributed by atoms with E-state index in [-0.39, 0.29) is 0 Å². The average Bonchev–Trinajstić information content (AvgIpc) is 1.95. The molecule has 0 N–H and O–H groups in total. The second-order valence-electron chi connectivity index (χ2n) is 2.27. The third-order valence-corrected chi connectivity index (χ3v) is 2.37. The van der Waals surface area contributed by atoms with Crippen LogP contribution in [0.4, 0.5) is 22.0 Å². The minimum absolute atomic E-state index is 3.14. The third-order valence-electron chi connectivity index (χ3n) is 1.20. The Labute approximate surface area is 88.8 Å². The molecule has 14 heavy (non-hydrogen) atoms. The summed E-state index contributed by atoms with van der Waals surface area (Å²) in [4.78, 5) is 0. The first-order valence-electron chi connectivity index (χ1n) is 2.83. The first-order chi connectivity index (χ1) is 5.91. The summed E-state index contributed by atoms with van der Waals surface area (Å²) in [6, 6.07) is -4.77. The molecular formula is C4Cl3F5O2. The number of halogens is 8. The zero-order chi connectivity index (χ0) is 11.4. The summed E-state index contributed by atoms with van der Waals surface area (Å²) >= 11 is 14.3. The van der Waals surface area contributed by atoms with Gasteiger partial charge in [0.2, 0.25) is 0 Å². The lowest BCUT2D eigenvalue weighted by Crippen LogP contribution is -2.43. The summed E-state index contributed by atoms with van der Waals surface area (Å²) < 4.78 is 64.3. The molecule has 0 radical (unpaired) electrons. The molecule has 1 saturated heterocycles. The quantitative estimate of drug-likeness (QED) is 0.501. The van der Waals surface area contributed by atoms with Gasteiger partial charge in [-0.05, 0) is 11.6 Å². The Morgan fingerprint density at radius 1 is 0.929 bits per heavy atom. The Kier molecular flexibility index (Phi) is 2.66. The Bertz CT molecular complexity index is 236. The predicted octanol–water partition coefficient (Wildman–Crippen LogP) is 3.21.